The van der Waals surface area contributed by atoms with Gasteiger partial charge in [-0.15, -0.1) is 0 Å². The number of nitrogens with zero attached hydrogens (tertiary/aromatic N) is 1. The van der Waals surface area contributed by atoms with Crippen molar-refractivity contribution in [3.63, 3.8) is 0 Å². The Bertz CT molecular complexity index is 442. The van der Waals surface area contributed by atoms with E-state index in [9.17, 15) is 0 Å². The van der Waals surface area contributed by atoms with Crippen LogP contribution in [0.5, 0.6) is 0 Å². The maximum Gasteiger partial charge on any atom is 0.0424 e. The summed E-state index contributed by atoms with van der Waals surface area (Å²) in [7, 11) is 0. The van der Waals surface area contributed by atoms with Crippen LogP contribution in [0, 0.1) is 11.3 Å². The molecule has 0 N–H and O–H groups in total. The van der Waals surface area contributed by atoms with Gasteiger partial charge in [0.05, 0.1) is 0 Å². The molecule has 1 atom stereocenters. The third-order valence-electron chi connectivity index (χ3n) is 5.25. The first kappa shape index (κ1) is 16.1. The van der Waals surface area contributed by atoms with Crippen molar-refractivity contribution in [3.05, 3.63) is 33.8 Å². The van der Waals surface area contributed by atoms with Crippen molar-refractivity contribution >= 4 is 23.2 Å². The van der Waals surface area contributed by atoms with E-state index in [1.54, 1.807) is 6.07 Å². The molecule has 1 aromatic rings. The molecule has 0 aromatic heterocycles. The highest BCUT2D eigenvalue weighted by atomic mass is 35.5. The Morgan fingerprint density at radius 2 is 1.50 bits per heavy atom. The van der Waals surface area contributed by atoms with Gasteiger partial charge in [0.1, 0.15) is 0 Å². The van der Waals surface area contributed by atoms with Crippen LogP contribution in [-0.4, -0.2) is 18.0 Å². The fourth-order valence-electron chi connectivity index (χ4n) is 3.03. The minimum Gasteiger partial charge on any atom is -0.297 e. The van der Waals surface area contributed by atoms with E-state index in [-0.39, 0.29) is 0 Å². The van der Waals surface area contributed by atoms with Gasteiger partial charge < -0.3 is 0 Å². The molecular weight excluding hydrogens is 289 g/mol. The fraction of sp³-hybridized carbons (Fsp3) is 0.647. The van der Waals surface area contributed by atoms with Crippen molar-refractivity contribution in [2.75, 3.05) is 13.1 Å². The van der Waals surface area contributed by atoms with Crippen LogP contribution >= 0.6 is 23.2 Å². The maximum atomic E-state index is 6.12. The molecule has 1 heterocycles. The summed E-state index contributed by atoms with van der Waals surface area (Å²) >= 11 is 12.2. The minimum atomic E-state index is 0.378. The summed E-state index contributed by atoms with van der Waals surface area (Å²) in [6.07, 6.45) is 2.53. The van der Waals surface area contributed by atoms with Crippen molar-refractivity contribution in [2.45, 2.75) is 46.6 Å². The highest BCUT2D eigenvalue weighted by molar-refractivity contribution is 6.34. The second-order valence-electron chi connectivity index (χ2n) is 6.72. The molecule has 1 aromatic carbocycles. The Hall–Kier alpha value is -0.240. The molecule has 1 fully saturated rings. The molecule has 1 aliphatic heterocycles. The van der Waals surface area contributed by atoms with Crippen molar-refractivity contribution < 1.29 is 0 Å². The lowest BCUT2D eigenvalue weighted by Gasteiger charge is -2.44. The lowest BCUT2D eigenvalue weighted by Crippen LogP contribution is -2.42. The molecular formula is C17H25Cl2N. The number of halogens is 2. The molecule has 3 heteroatoms. The molecule has 1 saturated heterocycles. The Balaban J connectivity index is 2.06. The van der Waals surface area contributed by atoms with Crippen LogP contribution in [0.4, 0.5) is 0 Å². The van der Waals surface area contributed by atoms with E-state index in [1.165, 1.54) is 18.4 Å². The largest absolute Gasteiger partial charge is 0.297 e. The molecule has 1 aliphatic rings. The molecule has 0 amide bonds. The first-order chi connectivity index (χ1) is 9.32. The summed E-state index contributed by atoms with van der Waals surface area (Å²) in [6, 6.07) is 6.25. The Morgan fingerprint density at radius 1 is 1.00 bits per heavy atom. The Kier molecular flexibility index (Phi) is 5.05. The number of rotatable bonds is 3. The molecule has 20 heavy (non-hydrogen) atoms. The van der Waals surface area contributed by atoms with Crippen LogP contribution in [-0.2, 0) is 0 Å². The van der Waals surface area contributed by atoms with Crippen molar-refractivity contribution in [1.82, 2.24) is 4.90 Å². The van der Waals surface area contributed by atoms with Gasteiger partial charge in [0, 0.05) is 16.1 Å². The summed E-state index contributed by atoms with van der Waals surface area (Å²) < 4.78 is 0. The highest BCUT2D eigenvalue weighted by Gasteiger charge is 2.34. The molecule has 0 radical (unpaired) electrons. The lowest BCUT2D eigenvalue weighted by atomic mass is 9.71. The summed E-state index contributed by atoms with van der Waals surface area (Å²) in [5.74, 6) is 0.751. The normalized spacial score (nSPS) is 21.1. The lowest BCUT2D eigenvalue weighted by molar-refractivity contribution is 0.0571. The van der Waals surface area contributed by atoms with Gasteiger partial charge in [-0.1, -0.05) is 44.0 Å². The van der Waals surface area contributed by atoms with Gasteiger partial charge in [0.2, 0.25) is 0 Å². The van der Waals surface area contributed by atoms with E-state index < -0.39 is 0 Å². The van der Waals surface area contributed by atoms with Gasteiger partial charge in [-0.05, 0) is 68.0 Å². The van der Waals surface area contributed by atoms with Crippen molar-refractivity contribution in [3.8, 4) is 0 Å². The Morgan fingerprint density at radius 3 is 1.95 bits per heavy atom. The quantitative estimate of drug-likeness (QED) is 0.680. The van der Waals surface area contributed by atoms with E-state index in [2.05, 4.69) is 32.6 Å². The SMILES string of the molecule is CC(C)C1(C)CCN([C@H](C)c2cc(Cl)cc(Cl)c2)CC1. The molecule has 1 nitrogen and oxygen atoms in total. The average molecular weight is 314 g/mol. The first-order valence-corrected chi connectivity index (χ1v) is 8.27. The summed E-state index contributed by atoms with van der Waals surface area (Å²) in [5.41, 5.74) is 1.71. The third-order valence-corrected chi connectivity index (χ3v) is 5.69. The smallest absolute Gasteiger partial charge is 0.0424 e. The van der Waals surface area contributed by atoms with Crippen LogP contribution in [0.3, 0.4) is 0 Å². The van der Waals surface area contributed by atoms with E-state index in [1.807, 2.05) is 12.1 Å². The average Bonchev–Trinajstić information content (AvgIpc) is 2.37. The zero-order valence-electron chi connectivity index (χ0n) is 12.9. The fourth-order valence-corrected chi connectivity index (χ4v) is 3.57. The maximum absolute atomic E-state index is 6.12. The summed E-state index contributed by atoms with van der Waals surface area (Å²) in [4.78, 5) is 2.55. The van der Waals surface area contributed by atoms with Gasteiger partial charge in [-0.3, -0.25) is 4.90 Å². The molecule has 0 saturated carbocycles. The zero-order chi connectivity index (χ0) is 14.9. The number of piperidine rings is 1. The van der Waals surface area contributed by atoms with Gasteiger partial charge in [-0.2, -0.15) is 0 Å². The zero-order valence-corrected chi connectivity index (χ0v) is 14.4. The predicted octanol–water partition coefficient (Wildman–Crippen LogP) is 5.81. The number of hydrogen-bond donors (Lipinski definition) is 0. The standard InChI is InChI=1S/C17H25Cl2N/c1-12(2)17(4)5-7-20(8-6-17)13(3)14-9-15(18)11-16(19)10-14/h9-13H,5-8H2,1-4H3/t13-/m1/s1. The minimum absolute atomic E-state index is 0.378. The van der Waals surface area contributed by atoms with Gasteiger partial charge in [0.25, 0.3) is 0 Å². The Labute approximate surface area is 133 Å². The van der Waals surface area contributed by atoms with Gasteiger partial charge in [0.15, 0.2) is 0 Å². The number of likely N-dealkylation sites (tertiary alicyclic amines) is 1. The van der Waals surface area contributed by atoms with Gasteiger partial charge in [-0.25, -0.2) is 0 Å². The van der Waals surface area contributed by atoms with Crippen LogP contribution in [0.15, 0.2) is 18.2 Å². The molecule has 0 aliphatic carbocycles. The van der Waals surface area contributed by atoms with E-state index in [0.29, 0.717) is 11.5 Å². The summed E-state index contributed by atoms with van der Waals surface area (Å²) in [6.45, 7) is 11.7. The molecule has 2 rings (SSSR count). The van der Waals surface area contributed by atoms with E-state index in [0.717, 1.165) is 29.1 Å². The molecule has 0 unspecified atom stereocenters. The van der Waals surface area contributed by atoms with E-state index >= 15 is 0 Å². The second kappa shape index (κ2) is 6.25. The predicted molar refractivity (Wildman–Crippen MR) is 88.6 cm³/mol. The first-order valence-electron chi connectivity index (χ1n) is 7.52. The van der Waals surface area contributed by atoms with Crippen LogP contribution in [0.1, 0.15) is 52.1 Å². The van der Waals surface area contributed by atoms with Crippen molar-refractivity contribution in [2.24, 2.45) is 11.3 Å². The van der Waals surface area contributed by atoms with Crippen LogP contribution in [0.25, 0.3) is 0 Å². The van der Waals surface area contributed by atoms with Gasteiger partial charge >= 0.3 is 0 Å². The molecule has 112 valence electrons. The molecule has 0 spiro atoms. The second-order valence-corrected chi connectivity index (χ2v) is 7.60. The number of hydrogen-bond acceptors (Lipinski definition) is 1. The summed E-state index contributed by atoms with van der Waals surface area (Å²) in [5, 5.41) is 1.45. The van der Waals surface area contributed by atoms with Crippen molar-refractivity contribution in [1.29, 1.82) is 0 Å². The highest BCUT2D eigenvalue weighted by Crippen LogP contribution is 2.40. The number of benzene rings is 1. The third kappa shape index (κ3) is 3.50. The van der Waals surface area contributed by atoms with Crippen LogP contribution in [0.2, 0.25) is 10.0 Å². The molecule has 0 bridgehead atoms. The van der Waals surface area contributed by atoms with Crippen LogP contribution < -0.4 is 0 Å². The topological polar surface area (TPSA) is 3.24 Å². The van der Waals surface area contributed by atoms with E-state index in [4.69, 9.17) is 23.2 Å². The monoisotopic (exact) mass is 313 g/mol.